The minimum absolute atomic E-state index is 0.0486. The average Bonchev–Trinajstić information content (AvgIpc) is 3.15. The molecule has 1 amide bonds. The number of hydrazine groups is 1. The molecule has 4 rings (SSSR count). The number of amidine groups is 2. The number of hydrogen-bond acceptors (Lipinski definition) is 7. The predicted molar refractivity (Wildman–Crippen MR) is 131 cm³/mol. The van der Waals surface area contributed by atoms with Gasteiger partial charge in [-0.25, -0.2) is 10.4 Å². The van der Waals surface area contributed by atoms with Gasteiger partial charge in [0, 0.05) is 16.8 Å². The molecule has 2 aromatic rings. The maximum Gasteiger partial charge on any atom is 0.234 e. The van der Waals surface area contributed by atoms with Gasteiger partial charge in [0.25, 0.3) is 0 Å². The number of aryl methyl sites for hydroxylation is 1. The van der Waals surface area contributed by atoms with Crippen molar-refractivity contribution in [2.24, 2.45) is 10.9 Å². The molecule has 2 aliphatic heterocycles. The number of nitrogens with one attached hydrogen (secondary N) is 4. The van der Waals surface area contributed by atoms with Gasteiger partial charge in [-0.3, -0.25) is 20.5 Å². The smallest absolute Gasteiger partial charge is 0.234 e. The van der Waals surface area contributed by atoms with Gasteiger partial charge in [0.05, 0.1) is 24.5 Å². The first-order valence-corrected chi connectivity index (χ1v) is 11.5. The molecule has 0 radical (unpaired) electrons. The number of thioether (sulfide) groups is 1. The van der Waals surface area contributed by atoms with Crippen LogP contribution >= 0.6 is 23.4 Å². The highest BCUT2D eigenvalue weighted by Crippen LogP contribution is 2.33. The van der Waals surface area contributed by atoms with E-state index in [-0.39, 0.29) is 29.8 Å². The minimum atomic E-state index is -0.262. The highest BCUT2D eigenvalue weighted by Gasteiger charge is 2.43. The van der Waals surface area contributed by atoms with Crippen LogP contribution in [0.5, 0.6) is 5.75 Å². The summed E-state index contributed by atoms with van der Waals surface area (Å²) in [6, 6.07) is 12.9. The number of methoxy groups -OCH3 is 1. The molecule has 10 heteroatoms. The molecule has 2 aliphatic rings. The van der Waals surface area contributed by atoms with Gasteiger partial charge in [-0.2, -0.15) is 0 Å². The first-order valence-electron chi connectivity index (χ1n) is 10.2. The number of fused-ring (bicyclic) bond motifs is 1. The number of benzene rings is 2. The van der Waals surface area contributed by atoms with Gasteiger partial charge in [0.1, 0.15) is 17.8 Å². The first-order chi connectivity index (χ1) is 15.4. The summed E-state index contributed by atoms with van der Waals surface area (Å²) >= 11 is 7.50. The maximum absolute atomic E-state index is 12.7. The molecule has 0 spiro atoms. The molecule has 4 N–H and O–H groups in total. The van der Waals surface area contributed by atoms with Crippen LogP contribution in [0.4, 0.5) is 11.4 Å². The molecule has 32 heavy (non-hydrogen) atoms. The Bertz CT molecular complexity index is 1080. The number of ether oxygens (including phenoxy) is 1. The van der Waals surface area contributed by atoms with Gasteiger partial charge < -0.3 is 10.1 Å². The second-order valence-electron chi connectivity index (χ2n) is 7.65. The molecule has 8 nitrogen and oxygen atoms in total. The van der Waals surface area contributed by atoms with Crippen LogP contribution in [-0.4, -0.2) is 42.0 Å². The quantitative estimate of drug-likeness (QED) is 0.530. The molecule has 168 valence electrons. The largest absolute Gasteiger partial charge is 0.495 e. The van der Waals surface area contributed by atoms with Crippen molar-refractivity contribution >= 4 is 51.6 Å². The first kappa shape index (κ1) is 22.6. The second-order valence-corrected chi connectivity index (χ2v) is 9.00. The molecule has 3 unspecified atom stereocenters. The van der Waals surface area contributed by atoms with E-state index >= 15 is 0 Å². The number of nitrogens with zero attached hydrogens (tertiary/aromatic N) is 2. The lowest BCUT2D eigenvalue weighted by molar-refractivity contribution is -0.113. The van der Waals surface area contributed by atoms with E-state index in [9.17, 15) is 4.79 Å². The van der Waals surface area contributed by atoms with Crippen molar-refractivity contribution in [3.05, 3.63) is 53.1 Å². The lowest BCUT2D eigenvalue weighted by Gasteiger charge is -2.36. The van der Waals surface area contributed by atoms with E-state index in [1.165, 1.54) is 11.8 Å². The van der Waals surface area contributed by atoms with Crippen LogP contribution in [-0.2, 0) is 4.79 Å². The molecule has 0 aliphatic carbocycles. The molecule has 3 atom stereocenters. The van der Waals surface area contributed by atoms with Crippen molar-refractivity contribution in [2.75, 3.05) is 23.1 Å². The summed E-state index contributed by atoms with van der Waals surface area (Å²) in [6.45, 7) is 3.94. The molecule has 2 heterocycles. The number of carbonyl (C=O) groups is 1. The Morgan fingerprint density at radius 1 is 1.31 bits per heavy atom. The molecule has 1 fully saturated rings. The van der Waals surface area contributed by atoms with E-state index in [4.69, 9.17) is 26.7 Å². The average molecular weight is 473 g/mol. The number of hydrogen-bond donors (Lipinski definition) is 4. The molecular weight excluding hydrogens is 448 g/mol. The zero-order valence-corrected chi connectivity index (χ0v) is 19.6. The highest BCUT2D eigenvalue weighted by molar-refractivity contribution is 8.14. The lowest BCUT2D eigenvalue weighted by atomic mass is 9.97. The van der Waals surface area contributed by atoms with E-state index in [0.29, 0.717) is 27.5 Å². The summed E-state index contributed by atoms with van der Waals surface area (Å²) in [5, 5.41) is 13.0. The number of aliphatic imine (C=N–C) groups is 1. The fourth-order valence-electron chi connectivity index (χ4n) is 3.78. The molecule has 2 aromatic carbocycles. The van der Waals surface area contributed by atoms with Crippen molar-refractivity contribution in [1.82, 2.24) is 10.9 Å². The Hall–Kier alpha value is -2.59. The highest BCUT2D eigenvalue weighted by atomic mass is 35.5. The van der Waals surface area contributed by atoms with E-state index in [1.54, 1.807) is 24.1 Å². The van der Waals surface area contributed by atoms with Gasteiger partial charge in [-0.15, -0.1) is 0 Å². The second kappa shape index (κ2) is 9.50. The summed E-state index contributed by atoms with van der Waals surface area (Å²) in [4.78, 5) is 19.3. The third kappa shape index (κ3) is 4.47. The normalized spacial score (nSPS) is 22.4. The Kier molecular flexibility index (Phi) is 6.71. The van der Waals surface area contributed by atoms with Crippen LogP contribution in [0.25, 0.3) is 0 Å². The van der Waals surface area contributed by atoms with Crippen LogP contribution in [0.1, 0.15) is 12.5 Å². The number of rotatable bonds is 5. The number of carbonyl (C=O) groups excluding carboxylic acids is 1. The van der Waals surface area contributed by atoms with Crippen LogP contribution in [0.2, 0.25) is 5.02 Å². The summed E-state index contributed by atoms with van der Waals surface area (Å²) in [5.41, 5.74) is 8.63. The van der Waals surface area contributed by atoms with Gasteiger partial charge in [0.2, 0.25) is 5.91 Å². The fraction of sp³-hybridized carbons (Fsp3) is 0.318. The molecule has 1 saturated heterocycles. The SMILES string of the molecule is COc1ccccc1NC(=O)CSC1=NC2NNC(C)C2C(=N)N1c1ccc(Cl)c(C)c1. The van der Waals surface area contributed by atoms with Crippen molar-refractivity contribution in [2.45, 2.75) is 26.1 Å². The molecule has 0 bridgehead atoms. The zero-order chi connectivity index (χ0) is 22.8. The predicted octanol–water partition coefficient (Wildman–Crippen LogP) is 3.62. The fourth-order valence-corrected chi connectivity index (χ4v) is 4.75. The van der Waals surface area contributed by atoms with Crippen molar-refractivity contribution < 1.29 is 9.53 Å². The maximum atomic E-state index is 12.7. The van der Waals surface area contributed by atoms with Crippen LogP contribution in [0.3, 0.4) is 0 Å². The minimum Gasteiger partial charge on any atom is -0.495 e. The van der Waals surface area contributed by atoms with Crippen LogP contribution in [0, 0.1) is 18.3 Å². The van der Waals surface area contributed by atoms with Crippen molar-refractivity contribution in [3.8, 4) is 5.75 Å². The van der Waals surface area contributed by atoms with Crippen molar-refractivity contribution in [3.63, 3.8) is 0 Å². The third-order valence-corrected chi connectivity index (χ3v) is 6.83. The van der Waals surface area contributed by atoms with Gasteiger partial charge >= 0.3 is 0 Å². The Morgan fingerprint density at radius 3 is 2.84 bits per heavy atom. The van der Waals surface area contributed by atoms with E-state index < -0.39 is 0 Å². The molecule has 0 aromatic heterocycles. The number of para-hydroxylation sites is 2. The molecular formula is C22H25ClN6O2S. The number of anilines is 2. The summed E-state index contributed by atoms with van der Waals surface area (Å²) in [7, 11) is 1.56. The van der Waals surface area contributed by atoms with Crippen LogP contribution < -0.4 is 25.8 Å². The monoisotopic (exact) mass is 472 g/mol. The topological polar surface area (TPSA) is 102 Å². The summed E-state index contributed by atoms with van der Waals surface area (Å²) in [6.07, 6.45) is -0.262. The Balaban J connectivity index is 1.56. The van der Waals surface area contributed by atoms with E-state index in [2.05, 4.69) is 16.2 Å². The van der Waals surface area contributed by atoms with Gasteiger partial charge in [-0.05, 0) is 49.7 Å². The number of amides is 1. The summed E-state index contributed by atoms with van der Waals surface area (Å²) < 4.78 is 5.30. The standard InChI is InChI=1S/C22H25ClN6O2S/c1-12-10-14(8-9-15(12)23)29-20(24)19-13(2)27-28-21(19)26-22(29)32-11-18(30)25-16-6-4-5-7-17(16)31-3/h4-10,13,19,21,24,27-28H,11H2,1-3H3,(H,25,30). The summed E-state index contributed by atoms with van der Waals surface area (Å²) in [5.74, 6) is 0.836. The molecule has 0 saturated carbocycles. The zero-order valence-electron chi connectivity index (χ0n) is 18.0. The van der Waals surface area contributed by atoms with Gasteiger partial charge in [-0.1, -0.05) is 35.5 Å². The van der Waals surface area contributed by atoms with E-state index in [0.717, 1.165) is 11.3 Å². The van der Waals surface area contributed by atoms with E-state index in [1.807, 2.05) is 44.2 Å². The van der Waals surface area contributed by atoms with Crippen LogP contribution in [0.15, 0.2) is 47.5 Å². The number of halogens is 1. The lowest BCUT2D eigenvalue weighted by Crippen LogP contribution is -2.50. The van der Waals surface area contributed by atoms with Crippen molar-refractivity contribution in [1.29, 1.82) is 5.41 Å². The van der Waals surface area contributed by atoms with Gasteiger partial charge in [0.15, 0.2) is 5.17 Å². The third-order valence-electron chi connectivity index (χ3n) is 5.45. The Labute approximate surface area is 196 Å². The Morgan fingerprint density at radius 2 is 2.09 bits per heavy atom.